The first kappa shape index (κ1) is 12.1. The fourth-order valence-corrected chi connectivity index (χ4v) is 4.43. The minimum Gasteiger partial charge on any atom is -0.345 e. The van der Waals surface area contributed by atoms with E-state index in [-0.39, 0.29) is 17.0 Å². The Labute approximate surface area is 118 Å². The third-order valence-electron chi connectivity index (χ3n) is 5.28. The summed E-state index contributed by atoms with van der Waals surface area (Å²) in [6, 6.07) is 5.43. The molecule has 4 rings (SSSR count). The quantitative estimate of drug-likeness (QED) is 0.804. The fourth-order valence-electron chi connectivity index (χ4n) is 4.43. The van der Waals surface area contributed by atoms with E-state index in [1.807, 2.05) is 12.1 Å². The summed E-state index contributed by atoms with van der Waals surface area (Å²) in [6.07, 6.45) is 8.95. The standard InChI is InChI=1S/C16H19N3O/c17-15-6-4-11-5-7-16(10-15,12(11)9-15)19-14(20)13-3-1-2-8-18-13/h1-4,8,12H,5-7,9-10,17H2,(H,19,20)/t12?,15-,16+/m0/s1. The number of nitrogens with zero attached hydrogens (tertiary/aromatic N) is 1. The maximum absolute atomic E-state index is 12.4. The third-order valence-corrected chi connectivity index (χ3v) is 5.28. The van der Waals surface area contributed by atoms with E-state index in [2.05, 4.69) is 16.4 Å². The summed E-state index contributed by atoms with van der Waals surface area (Å²) in [6.45, 7) is 0. The zero-order valence-corrected chi connectivity index (χ0v) is 11.4. The molecular weight excluding hydrogens is 250 g/mol. The first-order valence-electron chi connectivity index (χ1n) is 7.32. The van der Waals surface area contributed by atoms with Crippen molar-refractivity contribution in [2.24, 2.45) is 11.7 Å². The van der Waals surface area contributed by atoms with Gasteiger partial charge in [0.1, 0.15) is 5.69 Å². The number of carbonyl (C=O) groups is 1. The van der Waals surface area contributed by atoms with Gasteiger partial charge < -0.3 is 11.1 Å². The number of amides is 1. The molecule has 0 aliphatic heterocycles. The van der Waals surface area contributed by atoms with Crippen molar-refractivity contribution in [1.29, 1.82) is 0 Å². The Hall–Kier alpha value is -1.68. The van der Waals surface area contributed by atoms with E-state index in [4.69, 9.17) is 5.73 Å². The molecule has 3 aliphatic rings. The average Bonchev–Trinajstić information content (AvgIpc) is 2.87. The maximum atomic E-state index is 12.4. The maximum Gasteiger partial charge on any atom is 0.270 e. The number of rotatable bonds is 2. The molecule has 2 saturated carbocycles. The van der Waals surface area contributed by atoms with Gasteiger partial charge in [-0.2, -0.15) is 0 Å². The van der Waals surface area contributed by atoms with Crippen molar-refractivity contribution in [3.63, 3.8) is 0 Å². The van der Waals surface area contributed by atoms with E-state index in [0.29, 0.717) is 11.6 Å². The van der Waals surface area contributed by atoms with Crippen LogP contribution in [-0.4, -0.2) is 22.0 Å². The predicted molar refractivity (Wildman–Crippen MR) is 76.0 cm³/mol. The second kappa shape index (κ2) is 3.92. The van der Waals surface area contributed by atoms with Crippen LogP contribution in [0, 0.1) is 5.92 Å². The number of carbonyl (C=O) groups excluding carboxylic acids is 1. The normalized spacial score (nSPS) is 37.6. The van der Waals surface area contributed by atoms with E-state index in [1.165, 1.54) is 5.57 Å². The highest BCUT2D eigenvalue weighted by Gasteiger charge is 2.59. The molecule has 0 radical (unpaired) electrons. The molecule has 1 aromatic heterocycles. The van der Waals surface area contributed by atoms with Crippen molar-refractivity contribution in [2.75, 3.05) is 0 Å². The zero-order valence-electron chi connectivity index (χ0n) is 11.4. The van der Waals surface area contributed by atoms with E-state index in [1.54, 1.807) is 12.3 Å². The van der Waals surface area contributed by atoms with Crippen LogP contribution >= 0.6 is 0 Å². The highest BCUT2D eigenvalue weighted by atomic mass is 16.2. The van der Waals surface area contributed by atoms with Crippen LogP contribution in [0.5, 0.6) is 0 Å². The molecular formula is C16H19N3O. The summed E-state index contributed by atoms with van der Waals surface area (Å²) < 4.78 is 0. The number of hydrogen-bond acceptors (Lipinski definition) is 3. The lowest BCUT2D eigenvalue weighted by Crippen LogP contribution is -2.50. The van der Waals surface area contributed by atoms with Gasteiger partial charge in [0, 0.05) is 23.2 Å². The number of nitrogens with two attached hydrogens (primary N) is 1. The molecule has 2 bridgehead atoms. The lowest BCUT2D eigenvalue weighted by molar-refractivity contribution is 0.0882. The molecule has 1 amide bonds. The van der Waals surface area contributed by atoms with Crippen molar-refractivity contribution in [1.82, 2.24) is 10.3 Å². The van der Waals surface area contributed by atoms with Crippen LogP contribution in [0.3, 0.4) is 0 Å². The van der Waals surface area contributed by atoms with Gasteiger partial charge in [-0.25, -0.2) is 0 Å². The second-order valence-corrected chi connectivity index (χ2v) is 6.60. The monoisotopic (exact) mass is 269 g/mol. The lowest BCUT2D eigenvalue weighted by atomic mass is 9.84. The van der Waals surface area contributed by atoms with Crippen molar-refractivity contribution in [3.05, 3.63) is 41.7 Å². The van der Waals surface area contributed by atoms with Crippen LogP contribution in [-0.2, 0) is 0 Å². The zero-order chi connectivity index (χ0) is 13.8. The molecule has 3 atom stereocenters. The molecule has 0 aromatic carbocycles. The van der Waals surface area contributed by atoms with Crippen LogP contribution in [0.25, 0.3) is 0 Å². The predicted octanol–water partition coefficient (Wildman–Crippen LogP) is 1.78. The van der Waals surface area contributed by atoms with Gasteiger partial charge in [-0.3, -0.25) is 9.78 Å². The van der Waals surface area contributed by atoms with Crippen molar-refractivity contribution in [2.45, 2.75) is 43.2 Å². The van der Waals surface area contributed by atoms with Crippen LogP contribution < -0.4 is 11.1 Å². The summed E-state index contributed by atoms with van der Waals surface area (Å²) in [7, 11) is 0. The first-order valence-corrected chi connectivity index (χ1v) is 7.32. The van der Waals surface area contributed by atoms with E-state index >= 15 is 0 Å². The smallest absolute Gasteiger partial charge is 0.270 e. The van der Waals surface area contributed by atoms with Gasteiger partial charge >= 0.3 is 0 Å². The molecule has 0 spiro atoms. The summed E-state index contributed by atoms with van der Waals surface area (Å²) in [4.78, 5) is 16.6. The molecule has 3 aliphatic carbocycles. The summed E-state index contributed by atoms with van der Waals surface area (Å²) >= 11 is 0. The molecule has 2 fully saturated rings. The molecule has 104 valence electrons. The molecule has 0 saturated heterocycles. The largest absolute Gasteiger partial charge is 0.345 e. The van der Waals surface area contributed by atoms with Crippen molar-refractivity contribution >= 4 is 5.91 Å². The summed E-state index contributed by atoms with van der Waals surface area (Å²) in [5, 5.41) is 3.27. The van der Waals surface area contributed by atoms with Crippen LogP contribution in [0.2, 0.25) is 0 Å². The molecule has 3 N–H and O–H groups in total. The third kappa shape index (κ3) is 1.64. The molecule has 4 heteroatoms. The molecule has 20 heavy (non-hydrogen) atoms. The van der Waals surface area contributed by atoms with E-state index < -0.39 is 0 Å². The van der Waals surface area contributed by atoms with Gasteiger partial charge in [0.2, 0.25) is 0 Å². The minimum atomic E-state index is -0.133. The van der Waals surface area contributed by atoms with Crippen molar-refractivity contribution < 1.29 is 4.79 Å². The Morgan fingerprint density at radius 2 is 2.35 bits per heavy atom. The molecule has 1 aromatic rings. The topological polar surface area (TPSA) is 68.0 Å². The fraction of sp³-hybridized carbons (Fsp3) is 0.500. The van der Waals surface area contributed by atoms with Crippen LogP contribution in [0.1, 0.15) is 42.6 Å². The average molecular weight is 269 g/mol. The highest BCUT2D eigenvalue weighted by molar-refractivity contribution is 5.93. The summed E-state index contributed by atoms with van der Waals surface area (Å²) in [5.41, 5.74) is 8.22. The second-order valence-electron chi connectivity index (χ2n) is 6.60. The Morgan fingerprint density at radius 1 is 1.45 bits per heavy atom. The van der Waals surface area contributed by atoms with Gasteiger partial charge in [-0.1, -0.05) is 17.7 Å². The highest BCUT2D eigenvalue weighted by Crippen LogP contribution is 2.57. The Morgan fingerprint density at radius 3 is 3.15 bits per heavy atom. The number of nitrogens with one attached hydrogen (secondary N) is 1. The van der Waals surface area contributed by atoms with E-state index in [0.717, 1.165) is 32.1 Å². The number of pyridine rings is 1. The van der Waals surface area contributed by atoms with Gasteiger partial charge in [0.25, 0.3) is 5.91 Å². The van der Waals surface area contributed by atoms with Gasteiger partial charge in [-0.05, 0) is 44.2 Å². The minimum absolute atomic E-state index is 0.0667. The number of hydrogen-bond donors (Lipinski definition) is 2. The van der Waals surface area contributed by atoms with E-state index in [9.17, 15) is 4.79 Å². The number of fused-ring (bicyclic) bond motifs is 1. The van der Waals surface area contributed by atoms with Gasteiger partial charge in [0.05, 0.1) is 0 Å². The molecule has 4 nitrogen and oxygen atoms in total. The van der Waals surface area contributed by atoms with Crippen LogP contribution in [0.15, 0.2) is 36.0 Å². The Kier molecular flexibility index (Phi) is 2.37. The SMILES string of the molecule is N[C@]12CC=C3CC[C@@](NC(=O)c4ccccn4)(C1)C3C2. The molecule has 1 heterocycles. The first-order chi connectivity index (χ1) is 9.60. The van der Waals surface area contributed by atoms with Gasteiger partial charge in [0.15, 0.2) is 0 Å². The lowest BCUT2D eigenvalue weighted by Gasteiger charge is -2.31. The van der Waals surface area contributed by atoms with Crippen LogP contribution in [0.4, 0.5) is 0 Å². The Balaban J connectivity index is 1.63. The summed E-state index contributed by atoms with van der Waals surface area (Å²) in [5.74, 6) is 0.372. The Bertz CT molecular complexity index is 597. The molecule has 1 unspecified atom stereocenters. The van der Waals surface area contributed by atoms with Gasteiger partial charge in [-0.15, -0.1) is 0 Å². The number of aromatic nitrogens is 1. The van der Waals surface area contributed by atoms with Crippen molar-refractivity contribution in [3.8, 4) is 0 Å².